The van der Waals surface area contributed by atoms with E-state index in [0.29, 0.717) is 12.0 Å². The Morgan fingerprint density at radius 3 is 2.70 bits per heavy atom. The number of benzene rings is 1. The molecule has 0 saturated heterocycles. The Bertz CT molecular complexity index is 546. The summed E-state index contributed by atoms with van der Waals surface area (Å²) in [5.74, 6) is 0.708. The largest absolute Gasteiger partial charge is 0.330 e. The lowest BCUT2D eigenvalue weighted by molar-refractivity contribution is 0.251. The number of hydrogen-bond donors (Lipinski definition) is 1. The molecule has 1 fully saturated rings. The molecule has 0 amide bonds. The van der Waals surface area contributed by atoms with Gasteiger partial charge in [0.15, 0.2) is 0 Å². The highest BCUT2D eigenvalue weighted by molar-refractivity contribution is 5.26. The first-order valence-electron chi connectivity index (χ1n) is 7.59. The lowest BCUT2D eigenvalue weighted by Crippen LogP contribution is -2.25. The molecule has 3 rings (SSSR count). The Balaban J connectivity index is 1.90. The van der Waals surface area contributed by atoms with Crippen molar-refractivity contribution in [3.05, 3.63) is 54.1 Å². The van der Waals surface area contributed by atoms with E-state index >= 15 is 0 Å². The van der Waals surface area contributed by atoms with Gasteiger partial charge in [-0.3, -0.25) is 0 Å². The quantitative estimate of drug-likeness (QED) is 0.923. The summed E-state index contributed by atoms with van der Waals surface area (Å²) in [4.78, 5) is 4.36. The van der Waals surface area contributed by atoms with Gasteiger partial charge in [-0.05, 0) is 24.3 Å². The fourth-order valence-electron chi connectivity index (χ4n) is 3.37. The second kappa shape index (κ2) is 5.80. The Morgan fingerprint density at radius 2 is 1.95 bits per heavy atom. The molecule has 20 heavy (non-hydrogen) atoms. The van der Waals surface area contributed by atoms with Gasteiger partial charge in [-0.15, -0.1) is 0 Å². The molecule has 2 N–H and O–H groups in total. The lowest BCUT2D eigenvalue weighted by atomic mass is 9.85. The monoisotopic (exact) mass is 269 g/mol. The van der Waals surface area contributed by atoms with Gasteiger partial charge in [-0.25, -0.2) is 4.98 Å². The first-order chi connectivity index (χ1) is 9.77. The molecule has 1 aromatic carbocycles. The van der Waals surface area contributed by atoms with Crippen LogP contribution in [-0.2, 0) is 0 Å². The highest BCUT2D eigenvalue weighted by Crippen LogP contribution is 2.35. The van der Waals surface area contributed by atoms with E-state index < -0.39 is 0 Å². The van der Waals surface area contributed by atoms with Crippen LogP contribution in [0.25, 0.3) is 0 Å². The summed E-state index contributed by atoms with van der Waals surface area (Å²) in [6.07, 6.45) is 9.11. The van der Waals surface area contributed by atoms with Crippen LogP contribution in [0, 0.1) is 5.92 Å². The molecule has 1 aliphatic carbocycles. The normalized spacial score (nSPS) is 24.5. The molecule has 0 spiro atoms. The van der Waals surface area contributed by atoms with E-state index in [0.717, 1.165) is 11.3 Å². The van der Waals surface area contributed by atoms with E-state index in [1.165, 1.54) is 25.7 Å². The Hall–Kier alpha value is -1.61. The minimum atomic E-state index is -0.0900. The minimum Gasteiger partial charge on any atom is -0.330 e. The third kappa shape index (κ3) is 2.50. The fraction of sp³-hybridized carbons (Fsp3) is 0.471. The van der Waals surface area contributed by atoms with Crippen LogP contribution in [0.1, 0.15) is 55.9 Å². The third-order valence-corrected chi connectivity index (χ3v) is 4.60. The molecule has 1 heterocycles. The average molecular weight is 269 g/mol. The lowest BCUT2D eigenvalue weighted by Gasteiger charge is -2.32. The number of imidazole rings is 1. The Labute approximate surface area is 120 Å². The summed E-state index contributed by atoms with van der Waals surface area (Å²) in [5, 5.41) is 0. The van der Waals surface area contributed by atoms with Crippen LogP contribution in [-0.4, -0.2) is 9.55 Å². The van der Waals surface area contributed by atoms with Crippen molar-refractivity contribution >= 4 is 0 Å². The molecule has 1 aliphatic rings. The van der Waals surface area contributed by atoms with Gasteiger partial charge >= 0.3 is 0 Å². The predicted molar refractivity (Wildman–Crippen MR) is 81.4 cm³/mol. The second-order valence-corrected chi connectivity index (χ2v) is 5.94. The van der Waals surface area contributed by atoms with E-state index in [-0.39, 0.29) is 6.04 Å². The third-order valence-electron chi connectivity index (χ3n) is 4.60. The molecular formula is C17H23N3. The van der Waals surface area contributed by atoms with Crippen molar-refractivity contribution in [2.75, 3.05) is 0 Å². The van der Waals surface area contributed by atoms with Crippen LogP contribution in [0.4, 0.5) is 0 Å². The predicted octanol–water partition coefficient (Wildman–Crippen LogP) is 3.68. The number of nitrogens with two attached hydrogens (primary N) is 1. The van der Waals surface area contributed by atoms with Gasteiger partial charge in [0.05, 0.1) is 24.3 Å². The Morgan fingerprint density at radius 1 is 1.20 bits per heavy atom. The van der Waals surface area contributed by atoms with Gasteiger partial charge in [-0.2, -0.15) is 0 Å². The van der Waals surface area contributed by atoms with Crippen LogP contribution >= 0.6 is 0 Å². The molecule has 3 heteroatoms. The van der Waals surface area contributed by atoms with Gasteiger partial charge < -0.3 is 10.3 Å². The van der Waals surface area contributed by atoms with E-state index in [1.807, 2.05) is 30.7 Å². The van der Waals surface area contributed by atoms with Crippen molar-refractivity contribution in [2.24, 2.45) is 11.7 Å². The highest BCUT2D eigenvalue weighted by Gasteiger charge is 2.26. The second-order valence-electron chi connectivity index (χ2n) is 5.94. The number of hydrogen-bond acceptors (Lipinski definition) is 2. The molecule has 3 nitrogen and oxygen atoms in total. The van der Waals surface area contributed by atoms with Crippen molar-refractivity contribution in [2.45, 2.75) is 44.7 Å². The van der Waals surface area contributed by atoms with Crippen molar-refractivity contribution in [3.63, 3.8) is 0 Å². The van der Waals surface area contributed by atoms with Crippen LogP contribution < -0.4 is 5.73 Å². The molecule has 0 bridgehead atoms. The highest BCUT2D eigenvalue weighted by atomic mass is 15.1. The summed E-state index contributed by atoms with van der Waals surface area (Å²) in [5.41, 5.74) is 8.74. The summed E-state index contributed by atoms with van der Waals surface area (Å²) in [6.45, 7) is 2.35. The smallest absolute Gasteiger partial charge is 0.0951 e. The summed E-state index contributed by atoms with van der Waals surface area (Å²) >= 11 is 0. The first-order valence-corrected chi connectivity index (χ1v) is 7.59. The zero-order valence-electron chi connectivity index (χ0n) is 12.1. The molecule has 1 aromatic heterocycles. The molecule has 3 atom stereocenters. The summed E-state index contributed by atoms with van der Waals surface area (Å²) < 4.78 is 2.32. The number of nitrogens with zero attached hydrogens (tertiary/aromatic N) is 2. The van der Waals surface area contributed by atoms with E-state index in [1.54, 1.807) is 0 Å². The molecule has 1 saturated carbocycles. The molecule has 2 aromatic rings. The van der Waals surface area contributed by atoms with Gasteiger partial charge in [0.25, 0.3) is 0 Å². The Kier molecular flexibility index (Phi) is 3.88. The van der Waals surface area contributed by atoms with Gasteiger partial charge in [-0.1, -0.05) is 50.1 Å². The molecule has 0 aliphatic heterocycles. The van der Waals surface area contributed by atoms with Crippen molar-refractivity contribution in [1.29, 1.82) is 0 Å². The first kappa shape index (κ1) is 13.4. The van der Waals surface area contributed by atoms with Gasteiger partial charge in [0, 0.05) is 6.04 Å². The SMILES string of the molecule is CC1CCCCC1n1cncc1C(N)c1ccccc1. The minimum absolute atomic E-state index is 0.0900. The molecule has 106 valence electrons. The van der Waals surface area contributed by atoms with Crippen LogP contribution in [0.3, 0.4) is 0 Å². The topological polar surface area (TPSA) is 43.8 Å². The summed E-state index contributed by atoms with van der Waals surface area (Å²) in [7, 11) is 0. The molecular weight excluding hydrogens is 246 g/mol. The van der Waals surface area contributed by atoms with Gasteiger partial charge in [0.1, 0.15) is 0 Å². The van der Waals surface area contributed by atoms with E-state index in [4.69, 9.17) is 5.73 Å². The van der Waals surface area contributed by atoms with Crippen molar-refractivity contribution < 1.29 is 0 Å². The van der Waals surface area contributed by atoms with E-state index in [2.05, 4.69) is 28.6 Å². The molecule has 3 unspecified atom stereocenters. The number of aromatic nitrogens is 2. The number of rotatable bonds is 3. The average Bonchev–Trinajstić information content (AvgIpc) is 2.97. The van der Waals surface area contributed by atoms with Crippen molar-refractivity contribution in [1.82, 2.24) is 9.55 Å². The van der Waals surface area contributed by atoms with Gasteiger partial charge in [0.2, 0.25) is 0 Å². The standard InChI is InChI=1S/C17H23N3/c1-13-7-5-6-10-15(13)20-12-19-11-16(20)17(18)14-8-3-2-4-9-14/h2-4,8-9,11-13,15,17H,5-7,10,18H2,1H3. The van der Waals surface area contributed by atoms with E-state index in [9.17, 15) is 0 Å². The summed E-state index contributed by atoms with van der Waals surface area (Å²) in [6, 6.07) is 10.7. The fourth-order valence-corrected chi connectivity index (χ4v) is 3.37. The zero-order chi connectivity index (χ0) is 13.9. The van der Waals surface area contributed by atoms with Crippen LogP contribution in [0.5, 0.6) is 0 Å². The van der Waals surface area contributed by atoms with Crippen LogP contribution in [0.2, 0.25) is 0 Å². The maximum absolute atomic E-state index is 6.45. The van der Waals surface area contributed by atoms with Crippen LogP contribution in [0.15, 0.2) is 42.9 Å². The molecule has 0 radical (unpaired) electrons. The van der Waals surface area contributed by atoms with Crippen molar-refractivity contribution in [3.8, 4) is 0 Å². The zero-order valence-corrected chi connectivity index (χ0v) is 12.1. The maximum atomic E-state index is 6.45. The maximum Gasteiger partial charge on any atom is 0.0951 e.